The third kappa shape index (κ3) is 882. The number of alkyl halides is 3. The predicted octanol–water partition coefficient (Wildman–Crippen LogP) is 1.97. The minimum absolute atomic E-state index is 1.43. The van der Waals surface area contributed by atoms with Gasteiger partial charge in [-0.2, -0.15) is 18.4 Å². The number of hydrogen-bond acceptors (Lipinski definition) is 2. The van der Waals surface area contributed by atoms with E-state index >= 15 is 0 Å². The lowest BCUT2D eigenvalue weighted by Gasteiger charge is -1.87. The molecule has 0 aliphatic heterocycles. The zero-order chi connectivity index (χ0) is 7.21. The summed E-state index contributed by atoms with van der Waals surface area (Å²) in [5.74, 6) is 0. The Kier molecular flexibility index (Phi) is 6.32. The van der Waals surface area contributed by atoms with Crippen LogP contribution in [0.2, 0.25) is 0 Å². The second-order valence-corrected chi connectivity index (χ2v) is 1.20. The first kappa shape index (κ1) is 10.6. The lowest BCUT2D eigenvalue weighted by molar-refractivity contribution is -0.0303. The van der Waals surface area contributed by atoms with Crippen molar-refractivity contribution >= 4 is 12.6 Å². The van der Waals surface area contributed by atoms with Gasteiger partial charge in [-0.1, -0.05) is 12.6 Å². The van der Waals surface area contributed by atoms with Crippen LogP contribution in [0.5, 0.6) is 0 Å². The molecule has 0 bridgehead atoms. The summed E-state index contributed by atoms with van der Waals surface area (Å²) in [6.45, 7) is 1.43. The molecule has 0 spiro atoms. The summed E-state index contributed by atoms with van der Waals surface area (Å²) in [5.41, 5.74) is -4.31. The summed E-state index contributed by atoms with van der Waals surface area (Å²) < 4.78 is 30.7. The average Bonchev–Trinajstić information content (AvgIpc) is 1.27. The highest BCUT2D eigenvalue weighted by molar-refractivity contribution is 7.81. The van der Waals surface area contributed by atoms with Crippen LogP contribution in [0.1, 0.15) is 6.92 Å². The molecule has 0 saturated heterocycles. The van der Waals surface area contributed by atoms with Gasteiger partial charge in [0.25, 0.3) is 0 Å². The van der Waals surface area contributed by atoms with E-state index in [1.165, 1.54) is 6.92 Å². The highest BCUT2D eigenvalue weighted by Crippen LogP contribution is 2.17. The summed E-state index contributed by atoms with van der Waals surface area (Å²) in [6.07, 6.45) is 0. The van der Waals surface area contributed by atoms with Crippen molar-refractivity contribution in [2.45, 2.75) is 12.4 Å². The van der Waals surface area contributed by atoms with E-state index in [-0.39, 0.29) is 0 Å². The molecule has 0 N–H and O–H groups in total. The Morgan fingerprint density at radius 2 is 1.50 bits per heavy atom. The average molecular weight is 143 g/mol. The number of nitriles is 1. The summed E-state index contributed by atoms with van der Waals surface area (Å²) in [7, 11) is 0. The highest BCUT2D eigenvalue weighted by Gasteiger charge is 2.17. The van der Waals surface area contributed by atoms with Gasteiger partial charge in [-0.3, -0.25) is 0 Å². The van der Waals surface area contributed by atoms with Gasteiger partial charge in [0.15, 0.2) is 0 Å². The monoisotopic (exact) mass is 143 g/mol. The van der Waals surface area contributed by atoms with E-state index in [0.717, 1.165) is 0 Å². The first-order chi connectivity index (χ1) is 3.41. The third-order valence-electron chi connectivity index (χ3n) is 0. The van der Waals surface area contributed by atoms with Crippen molar-refractivity contribution in [2.24, 2.45) is 0 Å². The highest BCUT2D eigenvalue weighted by atomic mass is 32.1. The number of nitrogens with zero attached hydrogens (tertiary/aromatic N) is 1. The van der Waals surface area contributed by atoms with Crippen molar-refractivity contribution in [2.75, 3.05) is 0 Å². The Balaban J connectivity index is 0. The summed E-state index contributed by atoms with van der Waals surface area (Å²) in [5, 5.41) is 7.32. The third-order valence-corrected chi connectivity index (χ3v) is 0. The molecule has 48 valence electrons. The van der Waals surface area contributed by atoms with Crippen LogP contribution in [0.15, 0.2) is 0 Å². The summed E-state index contributed by atoms with van der Waals surface area (Å²) >= 11 is 2.12. The van der Waals surface area contributed by atoms with Gasteiger partial charge in [-0.15, -0.1) is 0 Å². The maximum Gasteiger partial charge on any atom is 0.438 e. The van der Waals surface area contributed by atoms with Gasteiger partial charge in [-0.25, -0.2) is 0 Å². The quantitative estimate of drug-likeness (QED) is 0.515. The lowest BCUT2D eigenvalue weighted by Crippen LogP contribution is -1.89. The molecule has 0 rings (SSSR count). The van der Waals surface area contributed by atoms with Crippen LogP contribution in [0.3, 0.4) is 0 Å². The second kappa shape index (κ2) is 4.78. The van der Waals surface area contributed by atoms with Crippen molar-refractivity contribution in [3.63, 3.8) is 0 Å². The molecule has 0 amide bonds. The summed E-state index contributed by atoms with van der Waals surface area (Å²) in [4.78, 5) is 0. The smallest absolute Gasteiger partial charge is 0.199 e. The number of rotatable bonds is 0. The standard InChI is InChI=1S/C2H3N.CHF3S/c1-2-3;2-1(3,4)5/h1H3;5H. The van der Waals surface area contributed by atoms with Crippen LogP contribution in [0.25, 0.3) is 0 Å². The SMILES string of the molecule is CC#N.FC(F)(F)S. The lowest BCUT2D eigenvalue weighted by atomic mass is 11.0. The van der Waals surface area contributed by atoms with Crippen LogP contribution >= 0.6 is 12.6 Å². The van der Waals surface area contributed by atoms with E-state index < -0.39 is 5.51 Å². The Morgan fingerprint density at radius 1 is 1.50 bits per heavy atom. The zero-order valence-electron chi connectivity index (χ0n) is 4.03. The van der Waals surface area contributed by atoms with Crippen molar-refractivity contribution < 1.29 is 13.2 Å². The van der Waals surface area contributed by atoms with E-state index in [1.54, 1.807) is 6.07 Å². The van der Waals surface area contributed by atoms with E-state index in [2.05, 4.69) is 12.6 Å². The predicted molar refractivity (Wildman–Crippen MR) is 26.3 cm³/mol. The number of halogens is 3. The molecule has 0 fully saturated rings. The van der Waals surface area contributed by atoms with Gasteiger partial charge in [-0.05, 0) is 0 Å². The number of thiol groups is 1. The van der Waals surface area contributed by atoms with Crippen LogP contribution in [-0.2, 0) is 0 Å². The van der Waals surface area contributed by atoms with Crippen LogP contribution in [-0.4, -0.2) is 5.51 Å². The van der Waals surface area contributed by atoms with Crippen molar-refractivity contribution in [3.05, 3.63) is 0 Å². The van der Waals surface area contributed by atoms with Gasteiger partial charge in [0.2, 0.25) is 0 Å². The molecule has 0 aromatic carbocycles. The largest absolute Gasteiger partial charge is 0.438 e. The molecule has 1 nitrogen and oxygen atoms in total. The van der Waals surface area contributed by atoms with E-state index in [4.69, 9.17) is 5.26 Å². The minimum Gasteiger partial charge on any atom is -0.199 e. The Labute approximate surface area is 50.5 Å². The van der Waals surface area contributed by atoms with E-state index in [9.17, 15) is 13.2 Å². The van der Waals surface area contributed by atoms with Crippen molar-refractivity contribution in [3.8, 4) is 6.07 Å². The molecule has 0 aliphatic carbocycles. The van der Waals surface area contributed by atoms with Crippen LogP contribution < -0.4 is 0 Å². The molecule has 0 saturated carbocycles. The molecule has 0 atom stereocenters. The number of hydrogen-bond donors (Lipinski definition) is 1. The molecular formula is C3H4F3NS. The fourth-order valence-electron chi connectivity index (χ4n) is 0. The van der Waals surface area contributed by atoms with Gasteiger partial charge in [0.1, 0.15) is 0 Å². The first-order valence-corrected chi connectivity index (χ1v) is 1.96. The van der Waals surface area contributed by atoms with Crippen LogP contribution in [0, 0.1) is 11.3 Å². The van der Waals surface area contributed by atoms with E-state index in [1.807, 2.05) is 0 Å². The fraction of sp³-hybridized carbons (Fsp3) is 0.667. The molecule has 0 aliphatic rings. The molecule has 0 radical (unpaired) electrons. The van der Waals surface area contributed by atoms with Gasteiger partial charge >= 0.3 is 5.51 Å². The maximum absolute atomic E-state index is 10.2. The van der Waals surface area contributed by atoms with Crippen molar-refractivity contribution in [1.29, 1.82) is 5.26 Å². The fourth-order valence-corrected chi connectivity index (χ4v) is 0. The molecular weight excluding hydrogens is 139 g/mol. The molecule has 0 heterocycles. The first-order valence-electron chi connectivity index (χ1n) is 1.51. The molecule has 0 aromatic heterocycles. The van der Waals surface area contributed by atoms with Gasteiger partial charge in [0, 0.05) is 6.92 Å². The maximum atomic E-state index is 10.2. The topological polar surface area (TPSA) is 23.8 Å². The molecule has 0 unspecified atom stereocenters. The Hall–Kier alpha value is -0.370. The second-order valence-electron chi connectivity index (χ2n) is 0.691. The Bertz CT molecular complexity index is 75.5. The van der Waals surface area contributed by atoms with Crippen molar-refractivity contribution in [1.82, 2.24) is 0 Å². The summed E-state index contributed by atoms with van der Waals surface area (Å²) in [6, 6.07) is 1.75. The minimum atomic E-state index is -4.31. The zero-order valence-corrected chi connectivity index (χ0v) is 4.92. The molecule has 5 heteroatoms. The van der Waals surface area contributed by atoms with Gasteiger partial charge < -0.3 is 0 Å². The normalized spacial score (nSPS) is 8.50. The Morgan fingerprint density at radius 3 is 1.50 bits per heavy atom. The van der Waals surface area contributed by atoms with Crippen LogP contribution in [0.4, 0.5) is 13.2 Å². The van der Waals surface area contributed by atoms with E-state index in [0.29, 0.717) is 0 Å². The van der Waals surface area contributed by atoms with Gasteiger partial charge in [0.05, 0.1) is 6.07 Å². The molecule has 8 heavy (non-hydrogen) atoms. The molecule has 0 aromatic rings.